The van der Waals surface area contributed by atoms with Crippen LogP contribution in [0, 0.1) is 0 Å². The van der Waals surface area contributed by atoms with Gasteiger partial charge in [-0.15, -0.1) is 0 Å². The summed E-state index contributed by atoms with van der Waals surface area (Å²) in [6.07, 6.45) is -3.47. The lowest BCUT2D eigenvalue weighted by molar-refractivity contribution is -0.127. The maximum Gasteiger partial charge on any atom is 0.411 e. The van der Waals surface area contributed by atoms with Crippen molar-refractivity contribution in [1.82, 2.24) is 20.2 Å². The van der Waals surface area contributed by atoms with Gasteiger partial charge in [0.2, 0.25) is 5.91 Å². The van der Waals surface area contributed by atoms with Crippen LogP contribution in [0.5, 0.6) is 0 Å². The minimum atomic E-state index is -2.56. The molecule has 1 fully saturated rings. The highest BCUT2D eigenvalue weighted by Gasteiger charge is 2.43. The van der Waals surface area contributed by atoms with Gasteiger partial charge in [-0.3, -0.25) is 9.69 Å². The molecule has 1 aromatic carbocycles. The molecule has 32 heavy (non-hydrogen) atoms. The van der Waals surface area contributed by atoms with E-state index in [0.29, 0.717) is 17.0 Å². The van der Waals surface area contributed by atoms with Crippen LogP contribution in [0.25, 0.3) is 11.3 Å². The van der Waals surface area contributed by atoms with Crippen molar-refractivity contribution >= 4 is 12.0 Å². The fraction of sp³-hybridized carbons (Fsp3) is 0.455. The number of nitrogens with zero attached hydrogens (tertiary/aromatic N) is 3. The third kappa shape index (κ3) is 5.74. The third-order valence-corrected chi connectivity index (χ3v) is 4.85. The number of carbonyl (C=O) groups excluding carboxylic acids is 2. The summed E-state index contributed by atoms with van der Waals surface area (Å²) >= 11 is 0. The molecular weight excluding hydrogens is 425 g/mol. The van der Waals surface area contributed by atoms with Crippen LogP contribution in [0.1, 0.15) is 44.9 Å². The summed E-state index contributed by atoms with van der Waals surface area (Å²) in [6.45, 7) is 5.14. The van der Waals surface area contributed by atoms with Gasteiger partial charge in [0.15, 0.2) is 0 Å². The summed E-state index contributed by atoms with van der Waals surface area (Å²) in [7, 11) is 0. The molecule has 1 aromatic heterocycles. The Labute approximate surface area is 184 Å². The van der Waals surface area contributed by atoms with Gasteiger partial charge in [0.1, 0.15) is 24.1 Å². The van der Waals surface area contributed by atoms with Gasteiger partial charge < -0.3 is 10.1 Å². The lowest BCUT2D eigenvalue weighted by atomic mass is 10.1. The zero-order chi connectivity index (χ0) is 23.5. The zero-order valence-electron chi connectivity index (χ0n) is 18.0. The first-order valence-electron chi connectivity index (χ1n) is 10.2. The van der Waals surface area contributed by atoms with Gasteiger partial charge in [0.25, 0.3) is 6.43 Å². The highest BCUT2D eigenvalue weighted by atomic mass is 19.3. The Kier molecular flexibility index (Phi) is 7.00. The number of ether oxygens (including phenoxy) is 1. The van der Waals surface area contributed by atoms with Crippen LogP contribution in [0.2, 0.25) is 0 Å². The highest BCUT2D eigenvalue weighted by molar-refractivity contribution is 5.87. The average molecular weight is 450 g/mol. The minimum absolute atomic E-state index is 0.0190. The number of hydrogen-bond acceptors (Lipinski definition) is 5. The number of halogens is 3. The van der Waals surface area contributed by atoms with Crippen molar-refractivity contribution in [3.8, 4) is 11.3 Å². The lowest BCUT2D eigenvalue weighted by Crippen LogP contribution is -2.50. The number of alkyl halides is 3. The molecule has 2 aromatic rings. The summed E-state index contributed by atoms with van der Waals surface area (Å²) in [5.41, 5.74) is 0.683. The second-order valence-corrected chi connectivity index (χ2v) is 8.46. The fourth-order valence-corrected chi connectivity index (χ4v) is 3.32. The van der Waals surface area contributed by atoms with E-state index in [2.05, 4.69) is 15.3 Å². The molecule has 2 atom stereocenters. The van der Waals surface area contributed by atoms with E-state index in [4.69, 9.17) is 4.74 Å². The Bertz CT molecular complexity index is 964. The van der Waals surface area contributed by atoms with E-state index in [1.54, 1.807) is 26.8 Å². The summed E-state index contributed by atoms with van der Waals surface area (Å²) in [4.78, 5) is 34.3. The standard InChI is InChI=1S/C22H25F3N4O3/c1-22(2,3)32-21(31)29-9-8-16(23)18(29)20(30)26-11-15-10-17(28-12-27-15)13-4-6-14(7-5-13)19(24)25/h4-7,10,12,16,18-19H,8-9,11H2,1-3H3,(H,26,30)/t16-,18-/m0/s1. The van der Waals surface area contributed by atoms with Gasteiger partial charge in [-0.05, 0) is 33.3 Å². The Balaban J connectivity index is 1.66. The zero-order valence-corrected chi connectivity index (χ0v) is 18.0. The summed E-state index contributed by atoms with van der Waals surface area (Å²) < 4.78 is 45.1. The average Bonchev–Trinajstić information content (AvgIpc) is 3.13. The van der Waals surface area contributed by atoms with Crippen molar-refractivity contribution < 1.29 is 27.5 Å². The fourth-order valence-electron chi connectivity index (χ4n) is 3.32. The maximum atomic E-state index is 14.4. The molecule has 2 amide bonds. The van der Waals surface area contributed by atoms with Crippen LogP contribution in [0.4, 0.5) is 18.0 Å². The van der Waals surface area contributed by atoms with Crippen LogP contribution < -0.4 is 5.32 Å². The quantitative estimate of drug-likeness (QED) is 0.743. The number of aromatic nitrogens is 2. The number of rotatable bonds is 5. The molecule has 7 nitrogen and oxygen atoms in total. The predicted octanol–water partition coefficient (Wildman–Crippen LogP) is 4.04. The monoisotopic (exact) mass is 450 g/mol. The Hall–Kier alpha value is -3.17. The topological polar surface area (TPSA) is 84.4 Å². The highest BCUT2D eigenvalue weighted by Crippen LogP contribution is 2.25. The second kappa shape index (κ2) is 9.54. The first kappa shape index (κ1) is 23.5. The molecule has 1 N–H and O–H groups in total. The molecule has 0 radical (unpaired) electrons. The van der Waals surface area contributed by atoms with E-state index >= 15 is 0 Å². The number of benzene rings is 1. The van der Waals surface area contributed by atoms with Crippen molar-refractivity contribution in [1.29, 1.82) is 0 Å². The third-order valence-electron chi connectivity index (χ3n) is 4.85. The molecule has 172 valence electrons. The van der Waals surface area contributed by atoms with Gasteiger partial charge in [-0.2, -0.15) is 0 Å². The van der Waals surface area contributed by atoms with E-state index in [9.17, 15) is 22.8 Å². The van der Waals surface area contributed by atoms with Crippen molar-refractivity contribution in [3.05, 3.63) is 47.9 Å². The van der Waals surface area contributed by atoms with Crippen LogP contribution in [0.15, 0.2) is 36.7 Å². The molecule has 1 saturated heterocycles. The Morgan fingerprint density at radius 3 is 2.53 bits per heavy atom. The first-order chi connectivity index (χ1) is 15.0. The van der Waals surface area contributed by atoms with E-state index in [1.165, 1.54) is 30.6 Å². The maximum absolute atomic E-state index is 14.4. The van der Waals surface area contributed by atoms with Crippen molar-refractivity contribution in [3.63, 3.8) is 0 Å². The van der Waals surface area contributed by atoms with Crippen LogP contribution in [-0.4, -0.2) is 51.2 Å². The Morgan fingerprint density at radius 2 is 1.91 bits per heavy atom. The van der Waals surface area contributed by atoms with E-state index in [1.807, 2.05) is 0 Å². The number of amides is 2. The smallest absolute Gasteiger partial charge is 0.411 e. The van der Waals surface area contributed by atoms with Crippen molar-refractivity contribution in [2.45, 2.75) is 58.0 Å². The minimum Gasteiger partial charge on any atom is -0.444 e. The number of likely N-dealkylation sites (tertiary alicyclic amines) is 1. The molecule has 0 bridgehead atoms. The number of nitrogens with one attached hydrogen (secondary N) is 1. The predicted molar refractivity (Wildman–Crippen MR) is 111 cm³/mol. The summed E-state index contributed by atoms with van der Waals surface area (Å²) in [5, 5.41) is 2.60. The van der Waals surface area contributed by atoms with Gasteiger partial charge in [0.05, 0.1) is 17.9 Å². The SMILES string of the molecule is CC(C)(C)OC(=O)N1CC[C@H](F)[C@H]1C(=O)NCc1cc(-c2ccc(C(F)F)cc2)ncn1. The van der Waals surface area contributed by atoms with Gasteiger partial charge >= 0.3 is 6.09 Å². The summed E-state index contributed by atoms with van der Waals surface area (Å²) in [6, 6.07) is 6.00. The number of hydrogen-bond donors (Lipinski definition) is 1. The molecule has 1 aliphatic heterocycles. The van der Waals surface area contributed by atoms with Crippen molar-refractivity contribution in [2.75, 3.05) is 6.54 Å². The van der Waals surface area contributed by atoms with E-state index in [0.717, 1.165) is 4.90 Å². The van der Waals surface area contributed by atoms with Crippen LogP contribution in [0.3, 0.4) is 0 Å². The molecule has 10 heteroatoms. The molecule has 2 heterocycles. The molecular formula is C22H25F3N4O3. The van der Waals surface area contributed by atoms with E-state index in [-0.39, 0.29) is 25.1 Å². The molecule has 1 aliphatic rings. The normalized spacial score (nSPS) is 18.7. The van der Waals surface area contributed by atoms with Crippen LogP contribution in [-0.2, 0) is 16.1 Å². The lowest BCUT2D eigenvalue weighted by Gasteiger charge is -2.28. The second-order valence-electron chi connectivity index (χ2n) is 8.46. The Morgan fingerprint density at radius 1 is 1.22 bits per heavy atom. The largest absolute Gasteiger partial charge is 0.444 e. The van der Waals surface area contributed by atoms with Gasteiger partial charge in [0, 0.05) is 17.7 Å². The first-order valence-corrected chi connectivity index (χ1v) is 10.2. The molecule has 0 aliphatic carbocycles. The van der Waals surface area contributed by atoms with Gasteiger partial charge in [-0.1, -0.05) is 24.3 Å². The molecule has 0 spiro atoms. The summed E-state index contributed by atoms with van der Waals surface area (Å²) in [5.74, 6) is -0.651. The van der Waals surface area contributed by atoms with Crippen molar-refractivity contribution in [2.24, 2.45) is 0 Å². The number of carbonyl (C=O) groups is 2. The van der Waals surface area contributed by atoms with Gasteiger partial charge in [-0.25, -0.2) is 27.9 Å². The van der Waals surface area contributed by atoms with E-state index < -0.39 is 36.2 Å². The van der Waals surface area contributed by atoms with Crippen LogP contribution >= 0.6 is 0 Å². The molecule has 3 rings (SSSR count). The molecule has 0 saturated carbocycles. The molecule has 0 unspecified atom stereocenters.